The van der Waals surface area contributed by atoms with Gasteiger partial charge >= 0.3 is 0 Å². The Kier molecular flexibility index (Phi) is 5.56. The van der Waals surface area contributed by atoms with Gasteiger partial charge in [-0.15, -0.1) is 11.3 Å². The van der Waals surface area contributed by atoms with Crippen LogP contribution < -0.4 is 4.90 Å². The summed E-state index contributed by atoms with van der Waals surface area (Å²) < 4.78 is 0. The predicted octanol–water partition coefficient (Wildman–Crippen LogP) is 4.48. The van der Waals surface area contributed by atoms with E-state index in [1.807, 2.05) is 6.92 Å². The average molecular weight is 392 g/mol. The van der Waals surface area contributed by atoms with Gasteiger partial charge in [-0.25, -0.2) is 14.8 Å². The van der Waals surface area contributed by atoms with Gasteiger partial charge in [0.15, 0.2) is 0 Å². The van der Waals surface area contributed by atoms with Gasteiger partial charge in [0, 0.05) is 38.0 Å². The second kappa shape index (κ2) is 8.26. The fourth-order valence-corrected chi connectivity index (χ4v) is 4.69. The molecule has 1 aromatic carbocycles. The Morgan fingerprint density at radius 1 is 1.07 bits per heavy atom. The molecule has 0 saturated carbocycles. The van der Waals surface area contributed by atoms with Gasteiger partial charge < -0.3 is 9.80 Å². The van der Waals surface area contributed by atoms with E-state index in [0.717, 1.165) is 77.9 Å². The Labute approximate surface area is 170 Å². The highest BCUT2D eigenvalue weighted by Crippen LogP contribution is 2.40. The number of aryl methyl sites for hydroxylation is 3. The third-order valence-electron chi connectivity index (χ3n) is 5.41. The van der Waals surface area contributed by atoms with Crippen molar-refractivity contribution in [3.05, 3.63) is 58.7 Å². The summed E-state index contributed by atoms with van der Waals surface area (Å²) in [7, 11) is 2.16. The van der Waals surface area contributed by atoms with Crippen LogP contribution in [0.15, 0.2) is 30.3 Å². The monoisotopic (exact) mass is 391 g/mol. The molecule has 5 nitrogen and oxygen atoms in total. The van der Waals surface area contributed by atoms with E-state index in [4.69, 9.17) is 16.5 Å². The Balaban J connectivity index is 1.63. The number of hydrogen-bond acceptors (Lipinski definition) is 5. The van der Waals surface area contributed by atoms with E-state index in [0.29, 0.717) is 0 Å². The molecule has 2 aromatic heterocycles. The second-order valence-corrected chi connectivity index (χ2v) is 8.39. The summed E-state index contributed by atoms with van der Waals surface area (Å²) in [6, 6.07) is 10.6. The standard InChI is InChI=1S/C22H25N5S/c1-16-19-20(27-14-12-26(3)13-15-27)24-18(25-22(19)28-21(16)23-2)11-7-10-17-8-5-4-6-9-17/h4-6,8-9H,7,10-15H2,1,3H3. The summed E-state index contributed by atoms with van der Waals surface area (Å²) in [5.41, 5.74) is 2.38. The van der Waals surface area contributed by atoms with Crippen LogP contribution in [-0.2, 0) is 12.8 Å². The van der Waals surface area contributed by atoms with Crippen molar-refractivity contribution in [2.45, 2.75) is 26.2 Å². The molecule has 1 saturated heterocycles. The largest absolute Gasteiger partial charge is 0.353 e. The van der Waals surface area contributed by atoms with Crippen molar-refractivity contribution < 1.29 is 0 Å². The van der Waals surface area contributed by atoms with E-state index in [-0.39, 0.29) is 0 Å². The Hall–Kier alpha value is -2.49. The second-order valence-electron chi connectivity index (χ2n) is 7.42. The van der Waals surface area contributed by atoms with Crippen LogP contribution in [0.4, 0.5) is 10.8 Å². The molecule has 3 heterocycles. The van der Waals surface area contributed by atoms with Crippen molar-refractivity contribution in [2.24, 2.45) is 0 Å². The van der Waals surface area contributed by atoms with Gasteiger partial charge in [0.2, 0.25) is 5.00 Å². The van der Waals surface area contributed by atoms with Crippen LogP contribution in [0.25, 0.3) is 15.1 Å². The lowest BCUT2D eigenvalue weighted by molar-refractivity contribution is 0.312. The first-order chi connectivity index (χ1) is 13.7. The van der Waals surface area contributed by atoms with Gasteiger partial charge in [0.25, 0.3) is 0 Å². The molecule has 0 radical (unpaired) electrons. The minimum absolute atomic E-state index is 0.737. The topological polar surface area (TPSA) is 36.6 Å². The van der Waals surface area contributed by atoms with Crippen molar-refractivity contribution in [3.8, 4) is 0 Å². The predicted molar refractivity (Wildman–Crippen MR) is 117 cm³/mol. The normalized spacial score (nSPS) is 15.1. The summed E-state index contributed by atoms with van der Waals surface area (Å²) in [6.45, 7) is 13.5. The van der Waals surface area contributed by atoms with Crippen LogP contribution in [0, 0.1) is 13.5 Å². The van der Waals surface area contributed by atoms with Gasteiger partial charge in [-0.3, -0.25) is 0 Å². The van der Waals surface area contributed by atoms with Crippen molar-refractivity contribution in [1.29, 1.82) is 0 Å². The first-order valence-corrected chi connectivity index (χ1v) is 10.6. The summed E-state index contributed by atoms with van der Waals surface area (Å²) in [6.07, 6.45) is 2.91. The molecule has 1 fully saturated rings. The molecule has 0 amide bonds. The molecule has 3 aromatic rings. The fraction of sp³-hybridized carbons (Fsp3) is 0.409. The van der Waals surface area contributed by atoms with Crippen LogP contribution in [0.1, 0.15) is 23.4 Å². The van der Waals surface area contributed by atoms with Gasteiger partial charge in [0.1, 0.15) is 16.5 Å². The highest BCUT2D eigenvalue weighted by atomic mass is 32.1. The summed E-state index contributed by atoms with van der Waals surface area (Å²) in [5, 5.41) is 1.81. The van der Waals surface area contributed by atoms with Crippen molar-refractivity contribution in [3.63, 3.8) is 0 Å². The lowest BCUT2D eigenvalue weighted by Gasteiger charge is -2.33. The quantitative estimate of drug-likeness (QED) is 0.601. The zero-order chi connectivity index (χ0) is 19.5. The molecule has 6 heteroatoms. The maximum Gasteiger partial charge on any atom is 0.246 e. The van der Waals surface area contributed by atoms with E-state index >= 15 is 0 Å². The van der Waals surface area contributed by atoms with E-state index in [9.17, 15) is 0 Å². The number of hydrogen-bond donors (Lipinski definition) is 0. The molecule has 0 N–H and O–H groups in total. The Morgan fingerprint density at radius 2 is 1.82 bits per heavy atom. The minimum Gasteiger partial charge on any atom is -0.353 e. The van der Waals surface area contributed by atoms with Crippen LogP contribution in [-0.4, -0.2) is 48.1 Å². The number of anilines is 1. The maximum atomic E-state index is 7.49. The molecule has 0 bridgehead atoms. The summed E-state index contributed by atoms with van der Waals surface area (Å²) in [5.74, 6) is 1.92. The van der Waals surface area contributed by atoms with E-state index in [1.54, 1.807) is 0 Å². The van der Waals surface area contributed by atoms with Gasteiger partial charge in [-0.1, -0.05) is 30.3 Å². The maximum absolute atomic E-state index is 7.49. The number of fused-ring (bicyclic) bond motifs is 1. The third-order valence-corrected chi connectivity index (χ3v) is 6.48. The molecule has 0 spiro atoms. The van der Waals surface area contributed by atoms with Crippen molar-refractivity contribution in [1.82, 2.24) is 14.9 Å². The lowest BCUT2D eigenvalue weighted by atomic mass is 10.1. The highest BCUT2D eigenvalue weighted by Gasteiger charge is 2.22. The molecule has 4 rings (SSSR count). The van der Waals surface area contributed by atoms with Crippen LogP contribution in [0.5, 0.6) is 0 Å². The summed E-state index contributed by atoms with van der Waals surface area (Å²) >= 11 is 1.50. The van der Waals surface area contributed by atoms with E-state index in [1.165, 1.54) is 16.9 Å². The smallest absolute Gasteiger partial charge is 0.246 e. The van der Waals surface area contributed by atoms with E-state index < -0.39 is 0 Å². The zero-order valence-corrected chi connectivity index (χ0v) is 17.3. The Bertz CT molecular complexity index is 997. The first kappa shape index (κ1) is 18.9. The number of piperazine rings is 1. The van der Waals surface area contributed by atoms with Crippen LogP contribution in [0.3, 0.4) is 0 Å². The van der Waals surface area contributed by atoms with Crippen LogP contribution >= 0.6 is 11.3 Å². The van der Waals surface area contributed by atoms with Gasteiger partial charge in [0.05, 0.1) is 6.57 Å². The lowest BCUT2D eigenvalue weighted by Crippen LogP contribution is -2.45. The molecule has 0 unspecified atom stereocenters. The average Bonchev–Trinajstić information content (AvgIpc) is 3.04. The van der Waals surface area contributed by atoms with Crippen molar-refractivity contribution in [2.75, 3.05) is 38.1 Å². The number of aromatic nitrogens is 2. The highest BCUT2D eigenvalue weighted by molar-refractivity contribution is 7.22. The molecule has 144 valence electrons. The molecule has 0 aliphatic carbocycles. The Morgan fingerprint density at radius 3 is 2.54 bits per heavy atom. The third kappa shape index (κ3) is 3.87. The van der Waals surface area contributed by atoms with Crippen LogP contribution in [0.2, 0.25) is 0 Å². The molecule has 28 heavy (non-hydrogen) atoms. The van der Waals surface area contributed by atoms with Crippen molar-refractivity contribution >= 4 is 32.4 Å². The number of benzene rings is 1. The first-order valence-electron chi connectivity index (χ1n) is 9.80. The molecule has 0 atom stereocenters. The fourth-order valence-electron chi connectivity index (χ4n) is 3.71. The number of thiophene rings is 1. The zero-order valence-electron chi connectivity index (χ0n) is 16.5. The molecule has 1 aliphatic heterocycles. The van der Waals surface area contributed by atoms with E-state index in [2.05, 4.69) is 52.0 Å². The molecular weight excluding hydrogens is 366 g/mol. The molecular formula is C22H25N5S. The number of nitrogens with zero attached hydrogens (tertiary/aromatic N) is 5. The van der Waals surface area contributed by atoms with Gasteiger partial charge in [-0.2, -0.15) is 0 Å². The van der Waals surface area contributed by atoms with Gasteiger partial charge in [-0.05, 0) is 37.9 Å². The number of likely N-dealkylation sites (N-methyl/N-ethyl adjacent to an activating group) is 1. The SMILES string of the molecule is [C-]#[N+]c1sc2nc(CCCc3ccccc3)nc(N3CCN(C)CC3)c2c1C. The summed E-state index contributed by atoms with van der Waals surface area (Å²) in [4.78, 5) is 19.2. The molecule has 1 aliphatic rings. The minimum atomic E-state index is 0.737. The number of rotatable bonds is 5.